The Kier molecular flexibility index (Phi) is 4.26. The molecule has 17 heavy (non-hydrogen) atoms. The van der Waals surface area contributed by atoms with E-state index in [1.54, 1.807) is 7.11 Å². The molecule has 0 bridgehead atoms. The molecule has 0 amide bonds. The minimum Gasteiger partial charge on any atom is -0.497 e. The highest BCUT2D eigenvalue weighted by Crippen LogP contribution is 2.24. The molecule has 0 spiro atoms. The van der Waals surface area contributed by atoms with Crippen LogP contribution < -0.4 is 15.4 Å². The maximum atomic E-state index is 5.81. The molecule has 0 saturated carbocycles. The molecule has 0 radical (unpaired) electrons. The van der Waals surface area contributed by atoms with Crippen LogP contribution in [-0.2, 0) is 0 Å². The van der Waals surface area contributed by atoms with E-state index in [0.29, 0.717) is 5.92 Å². The monoisotopic (exact) mass is 234 g/mol. The molecule has 3 nitrogen and oxygen atoms in total. The topological polar surface area (TPSA) is 38.5 Å². The summed E-state index contributed by atoms with van der Waals surface area (Å²) >= 11 is 0. The zero-order valence-electron chi connectivity index (χ0n) is 10.6. The summed E-state index contributed by atoms with van der Waals surface area (Å²) in [7, 11) is 1.70. The summed E-state index contributed by atoms with van der Waals surface area (Å²) in [4.78, 5) is 2.45. The molecule has 1 heterocycles. The Hall–Kier alpha value is -1.22. The van der Waals surface area contributed by atoms with E-state index in [0.717, 1.165) is 25.4 Å². The number of hydrogen-bond donors (Lipinski definition) is 1. The van der Waals surface area contributed by atoms with Crippen LogP contribution in [0.15, 0.2) is 24.3 Å². The molecule has 1 unspecified atom stereocenters. The first kappa shape index (κ1) is 12.2. The average Bonchev–Trinajstić information content (AvgIpc) is 2.64. The van der Waals surface area contributed by atoms with E-state index >= 15 is 0 Å². The first-order valence-corrected chi connectivity index (χ1v) is 6.42. The third-order valence-corrected chi connectivity index (χ3v) is 3.54. The minimum atomic E-state index is 0.639. The van der Waals surface area contributed by atoms with Gasteiger partial charge in [-0.05, 0) is 49.6 Å². The van der Waals surface area contributed by atoms with Crippen LogP contribution in [0.1, 0.15) is 19.3 Å². The van der Waals surface area contributed by atoms with Gasteiger partial charge < -0.3 is 15.4 Å². The van der Waals surface area contributed by atoms with Crippen LogP contribution in [0.3, 0.4) is 0 Å². The van der Waals surface area contributed by atoms with Crippen molar-refractivity contribution in [2.45, 2.75) is 19.3 Å². The molecule has 1 fully saturated rings. The largest absolute Gasteiger partial charge is 0.497 e. The van der Waals surface area contributed by atoms with E-state index in [-0.39, 0.29) is 0 Å². The highest BCUT2D eigenvalue weighted by molar-refractivity contribution is 5.49. The number of rotatable bonds is 3. The van der Waals surface area contributed by atoms with Gasteiger partial charge in [0.1, 0.15) is 5.75 Å². The van der Waals surface area contributed by atoms with E-state index in [9.17, 15) is 0 Å². The molecule has 1 aromatic carbocycles. The van der Waals surface area contributed by atoms with Crippen molar-refractivity contribution in [1.82, 2.24) is 0 Å². The highest BCUT2D eigenvalue weighted by atomic mass is 16.5. The van der Waals surface area contributed by atoms with Gasteiger partial charge >= 0.3 is 0 Å². The van der Waals surface area contributed by atoms with Gasteiger partial charge in [-0.15, -0.1) is 0 Å². The molecule has 1 atom stereocenters. The number of anilines is 1. The summed E-state index contributed by atoms with van der Waals surface area (Å²) < 4.78 is 5.18. The van der Waals surface area contributed by atoms with Crippen LogP contribution in [0, 0.1) is 5.92 Å². The fourth-order valence-electron chi connectivity index (χ4n) is 2.45. The molecule has 0 aromatic heterocycles. The highest BCUT2D eigenvalue weighted by Gasteiger charge is 2.17. The quantitative estimate of drug-likeness (QED) is 0.872. The van der Waals surface area contributed by atoms with Crippen molar-refractivity contribution >= 4 is 5.69 Å². The molecule has 1 aliphatic heterocycles. The Morgan fingerprint density at radius 3 is 2.71 bits per heavy atom. The van der Waals surface area contributed by atoms with Crippen LogP contribution in [0.4, 0.5) is 5.69 Å². The van der Waals surface area contributed by atoms with Crippen LogP contribution >= 0.6 is 0 Å². The second-order valence-corrected chi connectivity index (χ2v) is 4.74. The number of methoxy groups -OCH3 is 1. The van der Waals surface area contributed by atoms with Crippen LogP contribution in [-0.4, -0.2) is 26.7 Å². The second kappa shape index (κ2) is 5.92. The molecule has 1 saturated heterocycles. The third kappa shape index (κ3) is 3.13. The van der Waals surface area contributed by atoms with Gasteiger partial charge in [0, 0.05) is 18.8 Å². The lowest BCUT2D eigenvalue weighted by atomic mass is 10.0. The first-order valence-electron chi connectivity index (χ1n) is 6.42. The SMILES string of the molecule is COc1ccc(N2CCCCC(CN)C2)cc1. The van der Waals surface area contributed by atoms with Gasteiger partial charge in [-0.1, -0.05) is 6.42 Å². The smallest absolute Gasteiger partial charge is 0.119 e. The number of nitrogens with zero attached hydrogens (tertiary/aromatic N) is 1. The molecule has 1 aliphatic rings. The normalized spacial score (nSPS) is 21.1. The van der Waals surface area contributed by atoms with Crippen molar-refractivity contribution in [2.24, 2.45) is 11.7 Å². The first-order chi connectivity index (χ1) is 8.33. The van der Waals surface area contributed by atoms with Gasteiger partial charge in [0.15, 0.2) is 0 Å². The minimum absolute atomic E-state index is 0.639. The van der Waals surface area contributed by atoms with Gasteiger partial charge in [-0.3, -0.25) is 0 Å². The van der Waals surface area contributed by atoms with E-state index in [1.807, 2.05) is 12.1 Å². The summed E-state index contributed by atoms with van der Waals surface area (Å²) in [5, 5.41) is 0. The summed E-state index contributed by atoms with van der Waals surface area (Å²) in [5.41, 5.74) is 7.10. The predicted octanol–water partition coefficient (Wildman–Crippen LogP) is 2.26. The average molecular weight is 234 g/mol. The molecule has 0 aliphatic carbocycles. The van der Waals surface area contributed by atoms with E-state index in [4.69, 9.17) is 10.5 Å². The van der Waals surface area contributed by atoms with Gasteiger partial charge in [0.25, 0.3) is 0 Å². The fraction of sp³-hybridized carbons (Fsp3) is 0.571. The number of benzene rings is 1. The van der Waals surface area contributed by atoms with Gasteiger partial charge in [-0.2, -0.15) is 0 Å². The van der Waals surface area contributed by atoms with E-state index < -0.39 is 0 Å². The molecule has 2 rings (SSSR count). The van der Waals surface area contributed by atoms with Crippen molar-refractivity contribution in [3.8, 4) is 5.75 Å². The van der Waals surface area contributed by atoms with Crippen LogP contribution in [0.2, 0.25) is 0 Å². The predicted molar refractivity (Wildman–Crippen MR) is 71.6 cm³/mol. The number of hydrogen-bond acceptors (Lipinski definition) is 3. The van der Waals surface area contributed by atoms with Gasteiger partial charge in [0.2, 0.25) is 0 Å². The van der Waals surface area contributed by atoms with Gasteiger partial charge in [0.05, 0.1) is 7.11 Å². The molecular weight excluding hydrogens is 212 g/mol. The van der Waals surface area contributed by atoms with Crippen molar-refractivity contribution in [2.75, 3.05) is 31.6 Å². The molecule has 1 aromatic rings. The Morgan fingerprint density at radius 2 is 2.06 bits per heavy atom. The molecule has 2 N–H and O–H groups in total. The zero-order valence-corrected chi connectivity index (χ0v) is 10.6. The third-order valence-electron chi connectivity index (χ3n) is 3.54. The van der Waals surface area contributed by atoms with Crippen molar-refractivity contribution < 1.29 is 4.74 Å². The second-order valence-electron chi connectivity index (χ2n) is 4.74. The molecule has 94 valence electrons. The fourth-order valence-corrected chi connectivity index (χ4v) is 2.45. The van der Waals surface area contributed by atoms with E-state index in [2.05, 4.69) is 17.0 Å². The van der Waals surface area contributed by atoms with Crippen molar-refractivity contribution in [1.29, 1.82) is 0 Å². The lowest BCUT2D eigenvalue weighted by Crippen LogP contribution is -2.31. The summed E-state index contributed by atoms with van der Waals surface area (Å²) in [6.45, 7) is 3.03. The Labute approximate surface area is 104 Å². The van der Waals surface area contributed by atoms with Gasteiger partial charge in [-0.25, -0.2) is 0 Å². The van der Waals surface area contributed by atoms with Crippen molar-refractivity contribution in [3.63, 3.8) is 0 Å². The summed E-state index contributed by atoms with van der Waals surface area (Å²) in [6, 6.07) is 8.32. The van der Waals surface area contributed by atoms with Crippen molar-refractivity contribution in [3.05, 3.63) is 24.3 Å². The van der Waals surface area contributed by atoms with Crippen LogP contribution in [0.25, 0.3) is 0 Å². The number of nitrogens with two attached hydrogens (primary N) is 1. The summed E-state index contributed by atoms with van der Waals surface area (Å²) in [5.74, 6) is 1.55. The number of ether oxygens (including phenoxy) is 1. The Bertz CT molecular complexity index is 337. The maximum absolute atomic E-state index is 5.81. The lowest BCUT2D eigenvalue weighted by molar-refractivity contribution is 0.415. The standard InChI is InChI=1S/C14H22N2O/c1-17-14-7-5-13(6-8-14)16-9-3-2-4-12(10-15)11-16/h5-8,12H,2-4,9-11,15H2,1H3. The lowest BCUT2D eigenvalue weighted by Gasteiger charge is -2.26. The zero-order chi connectivity index (χ0) is 12.1. The van der Waals surface area contributed by atoms with Crippen LogP contribution in [0.5, 0.6) is 5.75 Å². The molecular formula is C14H22N2O. The Morgan fingerprint density at radius 1 is 1.29 bits per heavy atom. The Balaban J connectivity index is 2.08. The maximum Gasteiger partial charge on any atom is 0.119 e. The molecule has 3 heteroatoms. The van der Waals surface area contributed by atoms with E-state index in [1.165, 1.54) is 24.9 Å². The summed E-state index contributed by atoms with van der Waals surface area (Å²) in [6.07, 6.45) is 3.83.